The fraction of sp³-hybridized carbons (Fsp3) is 0.600. The maximum atomic E-state index is 5.53. The van der Waals surface area contributed by atoms with Crippen molar-refractivity contribution in [3.05, 3.63) is 17.6 Å². The maximum absolute atomic E-state index is 5.53. The second-order valence-electron chi connectivity index (χ2n) is 3.85. The summed E-state index contributed by atoms with van der Waals surface area (Å²) in [6.45, 7) is 2.33. The van der Waals surface area contributed by atoms with Crippen LogP contribution in [-0.2, 0) is 6.54 Å². The summed E-state index contributed by atoms with van der Waals surface area (Å²) in [5, 5.41) is 3.24. The number of ether oxygens (including phenoxy) is 1. The van der Waals surface area contributed by atoms with Gasteiger partial charge in [0.2, 0.25) is 5.88 Å². The number of nitrogens with zero attached hydrogens (tertiary/aromatic N) is 2. The Morgan fingerprint density at radius 1 is 1.40 bits per heavy atom. The van der Waals surface area contributed by atoms with Gasteiger partial charge < -0.3 is 10.1 Å². The Morgan fingerprint density at radius 3 is 3.07 bits per heavy atom. The first-order valence-electron chi connectivity index (χ1n) is 5.13. The molecule has 4 nitrogen and oxygen atoms in total. The van der Waals surface area contributed by atoms with Gasteiger partial charge in [-0.25, -0.2) is 4.98 Å². The van der Waals surface area contributed by atoms with Crippen molar-refractivity contribution in [3.63, 3.8) is 0 Å². The second kappa shape index (κ2) is 4.33. The molecule has 1 aliphatic heterocycles. The highest BCUT2D eigenvalue weighted by atomic mass is 35.5. The summed E-state index contributed by atoms with van der Waals surface area (Å²) in [7, 11) is 0. The van der Waals surface area contributed by atoms with Crippen LogP contribution < -0.4 is 10.1 Å². The molecule has 15 heavy (non-hydrogen) atoms. The van der Waals surface area contributed by atoms with Crippen LogP contribution in [0.25, 0.3) is 0 Å². The minimum Gasteiger partial charge on any atom is -0.475 e. The summed E-state index contributed by atoms with van der Waals surface area (Å²) in [6, 6.07) is 0. The minimum absolute atomic E-state index is 0. The van der Waals surface area contributed by atoms with Crippen molar-refractivity contribution in [2.75, 3.05) is 13.2 Å². The van der Waals surface area contributed by atoms with E-state index in [4.69, 9.17) is 4.74 Å². The van der Waals surface area contributed by atoms with Crippen LogP contribution in [-0.4, -0.2) is 23.1 Å². The molecular weight excluding hydrogens is 214 g/mol. The number of hydrogen-bond donors (Lipinski definition) is 1. The fourth-order valence-corrected chi connectivity index (χ4v) is 1.65. The summed E-state index contributed by atoms with van der Waals surface area (Å²) in [4.78, 5) is 8.90. The molecule has 0 saturated heterocycles. The van der Waals surface area contributed by atoms with E-state index in [1.807, 2.05) is 6.20 Å². The van der Waals surface area contributed by atoms with E-state index in [9.17, 15) is 0 Å². The third kappa shape index (κ3) is 2.21. The first kappa shape index (κ1) is 10.6. The Morgan fingerprint density at radius 2 is 2.27 bits per heavy atom. The second-order valence-corrected chi connectivity index (χ2v) is 3.85. The van der Waals surface area contributed by atoms with E-state index < -0.39 is 0 Å². The molecule has 1 N–H and O–H groups in total. The van der Waals surface area contributed by atoms with Crippen molar-refractivity contribution >= 4 is 12.4 Å². The standard InChI is InChI=1S/C10H13N3O.ClH/c1-2-7(1)8-6-12-9-5-11-3-4-14-10(9)13-8;/h6-7,11H,1-5H2;1H. The topological polar surface area (TPSA) is 47.0 Å². The predicted molar refractivity (Wildman–Crippen MR) is 58.5 cm³/mol. The lowest BCUT2D eigenvalue weighted by Crippen LogP contribution is -2.16. The zero-order valence-electron chi connectivity index (χ0n) is 8.40. The largest absolute Gasteiger partial charge is 0.475 e. The van der Waals surface area contributed by atoms with Crippen LogP contribution in [0.5, 0.6) is 5.88 Å². The highest BCUT2D eigenvalue weighted by Crippen LogP contribution is 2.39. The number of fused-ring (bicyclic) bond motifs is 1. The van der Waals surface area contributed by atoms with E-state index in [0.717, 1.165) is 30.4 Å². The molecule has 0 bridgehead atoms. The van der Waals surface area contributed by atoms with E-state index in [2.05, 4.69) is 15.3 Å². The molecule has 0 unspecified atom stereocenters. The summed E-state index contributed by atoms with van der Waals surface area (Å²) in [5.41, 5.74) is 2.04. The number of nitrogens with one attached hydrogen (secondary N) is 1. The molecule has 1 aliphatic carbocycles. The molecule has 1 aromatic rings. The Bertz CT molecular complexity index is 355. The van der Waals surface area contributed by atoms with Crippen molar-refractivity contribution in [1.82, 2.24) is 15.3 Å². The van der Waals surface area contributed by atoms with Gasteiger partial charge in [0.15, 0.2) is 0 Å². The monoisotopic (exact) mass is 227 g/mol. The average Bonchev–Trinajstić information content (AvgIpc) is 3.04. The highest BCUT2D eigenvalue weighted by molar-refractivity contribution is 5.85. The zero-order chi connectivity index (χ0) is 9.38. The minimum atomic E-state index is 0. The van der Waals surface area contributed by atoms with Crippen molar-refractivity contribution in [3.8, 4) is 5.88 Å². The molecule has 5 heteroatoms. The number of halogens is 1. The van der Waals surface area contributed by atoms with Gasteiger partial charge in [0.05, 0.1) is 5.69 Å². The molecule has 1 aromatic heterocycles. The first-order chi connectivity index (χ1) is 6.93. The van der Waals surface area contributed by atoms with E-state index in [1.54, 1.807) is 0 Å². The number of hydrogen-bond acceptors (Lipinski definition) is 4. The molecule has 3 rings (SSSR count). The lowest BCUT2D eigenvalue weighted by Gasteiger charge is -2.05. The molecule has 0 amide bonds. The first-order valence-corrected chi connectivity index (χ1v) is 5.13. The normalized spacial score (nSPS) is 19.5. The Labute approximate surface area is 94.9 Å². The molecule has 2 heterocycles. The van der Waals surface area contributed by atoms with E-state index in [-0.39, 0.29) is 12.4 Å². The lowest BCUT2D eigenvalue weighted by molar-refractivity contribution is 0.312. The van der Waals surface area contributed by atoms with Crippen LogP contribution in [0.3, 0.4) is 0 Å². The quantitative estimate of drug-likeness (QED) is 0.785. The number of rotatable bonds is 1. The molecule has 0 aromatic carbocycles. The van der Waals surface area contributed by atoms with Gasteiger partial charge in [-0.05, 0) is 12.8 Å². The predicted octanol–water partition coefficient (Wildman–Crippen LogP) is 1.26. The van der Waals surface area contributed by atoms with E-state index in [1.165, 1.54) is 12.8 Å². The van der Waals surface area contributed by atoms with Gasteiger partial charge >= 0.3 is 0 Å². The van der Waals surface area contributed by atoms with E-state index >= 15 is 0 Å². The lowest BCUT2D eigenvalue weighted by atomic mass is 10.3. The summed E-state index contributed by atoms with van der Waals surface area (Å²) >= 11 is 0. The zero-order valence-corrected chi connectivity index (χ0v) is 9.22. The van der Waals surface area contributed by atoms with Crippen LogP contribution in [0.2, 0.25) is 0 Å². The molecule has 1 fully saturated rings. The third-order valence-electron chi connectivity index (χ3n) is 2.64. The summed E-state index contributed by atoms with van der Waals surface area (Å²) in [6.07, 6.45) is 4.41. The molecular formula is C10H14ClN3O. The fourth-order valence-electron chi connectivity index (χ4n) is 1.65. The van der Waals surface area contributed by atoms with Gasteiger partial charge in [0, 0.05) is 25.2 Å². The molecule has 0 atom stereocenters. The van der Waals surface area contributed by atoms with Crippen LogP contribution in [0.1, 0.15) is 30.1 Å². The van der Waals surface area contributed by atoms with Gasteiger partial charge in [-0.15, -0.1) is 12.4 Å². The van der Waals surface area contributed by atoms with Gasteiger partial charge in [-0.2, -0.15) is 0 Å². The smallest absolute Gasteiger partial charge is 0.237 e. The van der Waals surface area contributed by atoms with Crippen LogP contribution in [0.15, 0.2) is 6.20 Å². The third-order valence-corrected chi connectivity index (χ3v) is 2.64. The van der Waals surface area contributed by atoms with Crippen LogP contribution in [0.4, 0.5) is 0 Å². The van der Waals surface area contributed by atoms with Gasteiger partial charge in [-0.3, -0.25) is 4.98 Å². The molecule has 82 valence electrons. The average molecular weight is 228 g/mol. The van der Waals surface area contributed by atoms with Crippen molar-refractivity contribution in [2.45, 2.75) is 25.3 Å². The van der Waals surface area contributed by atoms with Crippen LogP contribution >= 0.6 is 12.4 Å². The molecule has 0 spiro atoms. The Hall–Kier alpha value is -0.870. The van der Waals surface area contributed by atoms with Crippen molar-refractivity contribution in [1.29, 1.82) is 0 Å². The van der Waals surface area contributed by atoms with Crippen LogP contribution in [0, 0.1) is 0 Å². The molecule has 0 radical (unpaired) electrons. The van der Waals surface area contributed by atoms with Gasteiger partial charge in [0.25, 0.3) is 0 Å². The molecule has 2 aliphatic rings. The SMILES string of the molecule is Cl.c1nc2c(nc1C1CC1)OCCNC2. The maximum Gasteiger partial charge on any atom is 0.237 e. The van der Waals surface area contributed by atoms with Crippen molar-refractivity contribution in [2.24, 2.45) is 0 Å². The number of aromatic nitrogens is 2. The van der Waals surface area contributed by atoms with Gasteiger partial charge in [-0.1, -0.05) is 0 Å². The summed E-state index contributed by atoms with van der Waals surface area (Å²) in [5.74, 6) is 1.38. The van der Waals surface area contributed by atoms with Crippen molar-refractivity contribution < 1.29 is 4.74 Å². The van der Waals surface area contributed by atoms with Gasteiger partial charge in [0.1, 0.15) is 12.3 Å². The summed E-state index contributed by atoms with van der Waals surface area (Å²) < 4.78 is 5.53. The highest BCUT2D eigenvalue weighted by Gasteiger charge is 2.26. The Kier molecular flexibility index (Phi) is 3.07. The van der Waals surface area contributed by atoms with E-state index in [0.29, 0.717) is 12.5 Å². The Balaban J connectivity index is 0.000000853. The molecule has 1 saturated carbocycles.